The van der Waals surface area contributed by atoms with Gasteiger partial charge in [0.1, 0.15) is 11.6 Å². The van der Waals surface area contributed by atoms with Crippen LogP contribution in [0.2, 0.25) is 0 Å². The Bertz CT molecular complexity index is 465. The SMILES string of the molecule is CCC1SCCSC1C(=O)Cc1ccc(F)cc1F. The van der Waals surface area contributed by atoms with Gasteiger partial charge in [-0.2, -0.15) is 11.8 Å². The Labute approximate surface area is 120 Å². The second-order valence-electron chi connectivity index (χ2n) is 4.49. The van der Waals surface area contributed by atoms with Crippen molar-refractivity contribution in [1.82, 2.24) is 0 Å². The Morgan fingerprint density at radius 3 is 2.74 bits per heavy atom. The fraction of sp³-hybridized carbons (Fsp3) is 0.500. The van der Waals surface area contributed by atoms with Crippen molar-refractivity contribution in [3.05, 3.63) is 35.4 Å². The van der Waals surface area contributed by atoms with E-state index in [0.29, 0.717) is 5.25 Å². The van der Waals surface area contributed by atoms with Gasteiger partial charge in [-0.25, -0.2) is 8.78 Å². The van der Waals surface area contributed by atoms with Gasteiger partial charge in [-0.15, -0.1) is 11.8 Å². The highest BCUT2D eigenvalue weighted by Gasteiger charge is 2.31. The standard InChI is InChI=1S/C14H16F2OS2/c1-2-13-14(19-6-5-18-13)12(17)7-9-3-4-10(15)8-11(9)16/h3-4,8,13-14H,2,5-7H2,1H3. The number of rotatable bonds is 4. The van der Waals surface area contributed by atoms with Crippen LogP contribution >= 0.6 is 23.5 Å². The summed E-state index contributed by atoms with van der Waals surface area (Å²) in [5.41, 5.74) is 0.289. The quantitative estimate of drug-likeness (QED) is 0.844. The predicted octanol–water partition coefficient (Wildman–Crippen LogP) is 3.70. The topological polar surface area (TPSA) is 17.1 Å². The van der Waals surface area contributed by atoms with Gasteiger partial charge in [0.15, 0.2) is 5.78 Å². The highest BCUT2D eigenvalue weighted by Crippen LogP contribution is 2.34. The summed E-state index contributed by atoms with van der Waals surface area (Å²) in [4.78, 5) is 12.3. The van der Waals surface area contributed by atoms with E-state index in [4.69, 9.17) is 0 Å². The summed E-state index contributed by atoms with van der Waals surface area (Å²) < 4.78 is 26.4. The van der Waals surface area contributed by atoms with Crippen molar-refractivity contribution in [1.29, 1.82) is 0 Å². The summed E-state index contributed by atoms with van der Waals surface area (Å²) >= 11 is 3.49. The first-order valence-corrected chi connectivity index (χ1v) is 8.41. The third-order valence-corrected chi connectivity index (χ3v) is 6.44. The average molecular weight is 302 g/mol. The molecule has 19 heavy (non-hydrogen) atoms. The van der Waals surface area contributed by atoms with Crippen molar-refractivity contribution in [2.24, 2.45) is 0 Å². The van der Waals surface area contributed by atoms with Crippen LogP contribution in [-0.2, 0) is 11.2 Å². The maximum Gasteiger partial charge on any atom is 0.151 e. The van der Waals surface area contributed by atoms with Crippen LogP contribution in [0.1, 0.15) is 18.9 Å². The highest BCUT2D eigenvalue weighted by molar-refractivity contribution is 8.07. The van der Waals surface area contributed by atoms with E-state index in [1.807, 2.05) is 11.8 Å². The van der Waals surface area contributed by atoms with Crippen LogP contribution in [0.25, 0.3) is 0 Å². The smallest absolute Gasteiger partial charge is 0.151 e. The van der Waals surface area contributed by atoms with Crippen molar-refractivity contribution in [3.63, 3.8) is 0 Å². The maximum atomic E-state index is 13.6. The minimum Gasteiger partial charge on any atom is -0.298 e. The number of carbonyl (C=O) groups excluding carboxylic acids is 1. The van der Waals surface area contributed by atoms with E-state index in [-0.39, 0.29) is 23.0 Å². The summed E-state index contributed by atoms with van der Waals surface area (Å²) in [5.74, 6) is 0.841. The summed E-state index contributed by atoms with van der Waals surface area (Å²) in [6.07, 6.45) is 1.00. The van der Waals surface area contributed by atoms with E-state index >= 15 is 0 Å². The molecule has 1 fully saturated rings. The molecule has 1 nitrogen and oxygen atoms in total. The van der Waals surface area contributed by atoms with Gasteiger partial charge >= 0.3 is 0 Å². The summed E-state index contributed by atoms with van der Waals surface area (Å²) in [6, 6.07) is 3.40. The minimum atomic E-state index is -0.630. The van der Waals surface area contributed by atoms with Crippen LogP contribution in [-0.4, -0.2) is 27.8 Å². The number of benzene rings is 1. The fourth-order valence-electron chi connectivity index (χ4n) is 2.15. The number of Topliss-reactive ketones (excluding diaryl/α,β-unsaturated/α-hetero) is 1. The number of carbonyl (C=O) groups is 1. The lowest BCUT2D eigenvalue weighted by atomic mass is 10.0. The predicted molar refractivity (Wildman–Crippen MR) is 77.9 cm³/mol. The molecule has 1 aliphatic rings. The molecule has 0 spiro atoms. The summed E-state index contributed by atoms with van der Waals surface area (Å²) in [5, 5.41) is 0.253. The zero-order valence-electron chi connectivity index (χ0n) is 10.7. The molecule has 0 bridgehead atoms. The second kappa shape index (κ2) is 6.75. The van der Waals surface area contributed by atoms with E-state index in [0.717, 1.165) is 24.0 Å². The molecule has 1 heterocycles. The molecule has 2 rings (SSSR count). The Morgan fingerprint density at radius 1 is 1.32 bits per heavy atom. The van der Waals surface area contributed by atoms with E-state index in [2.05, 4.69) is 6.92 Å². The number of hydrogen-bond acceptors (Lipinski definition) is 3. The number of hydrogen-bond donors (Lipinski definition) is 0. The first-order valence-electron chi connectivity index (χ1n) is 6.31. The Morgan fingerprint density at radius 2 is 2.05 bits per heavy atom. The van der Waals surface area contributed by atoms with Crippen molar-refractivity contribution in [3.8, 4) is 0 Å². The van der Waals surface area contributed by atoms with Gasteiger partial charge in [-0.3, -0.25) is 4.79 Å². The molecule has 1 aromatic carbocycles. The van der Waals surface area contributed by atoms with E-state index in [1.54, 1.807) is 11.8 Å². The van der Waals surface area contributed by atoms with Crippen LogP contribution in [0, 0.1) is 11.6 Å². The molecule has 2 atom stereocenters. The van der Waals surface area contributed by atoms with Crippen LogP contribution in [0.15, 0.2) is 18.2 Å². The zero-order chi connectivity index (χ0) is 13.8. The van der Waals surface area contributed by atoms with Gasteiger partial charge in [0.25, 0.3) is 0 Å². The van der Waals surface area contributed by atoms with Crippen molar-refractivity contribution in [2.75, 3.05) is 11.5 Å². The van der Waals surface area contributed by atoms with Gasteiger partial charge in [0.2, 0.25) is 0 Å². The molecule has 5 heteroatoms. The molecule has 1 saturated heterocycles. The van der Waals surface area contributed by atoms with Gasteiger partial charge in [0, 0.05) is 29.2 Å². The Hall–Kier alpha value is -0.550. The van der Waals surface area contributed by atoms with Crippen molar-refractivity contribution in [2.45, 2.75) is 30.3 Å². The normalized spacial score (nSPS) is 23.3. The third kappa shape index (κ3) is 3.72. The third-order valence-electron chi connectivity index (χ3n) is 3.15. The molecule has 2 unspecified atom stereocenters. The molecule has 0 N–H and O–H groups in total. The zero-order valence-corrected chi connectivity index (χ0v) is 12.3. The lowest BCUT2D eigenvalue weighted by Crippen LogP contribution is -2.33. The monoisotopic (exact) mass is 302 g/mol. The molecule has 1 aliphatic heterocycles. The molecule has 104 valence electrons. The highest BCUT2D eigenvalue weighted by atomic mass is 32.2. The second-order valence-corrected chi connectivity index (χ2v) is 7.08. The minimum absolute atomic E-state index is 0.0505. The average Bonchev–Trinajstić information content (AvgIpc) is 2.41. The van der Waals surface area contributed by atoms with Crippen LogP contribution < -0.4 is 0 Å². The Kier molecular flexibility index (Phi) is 5.28. The van der Waals surface area contributed by atoms with Crippen molar-refractivity contribution >= 4 is 29.3 Å². The lowest BCUT2D eigenvalue weighted by Gasteiger charge is -2.28. The van der Waals surface area contributed by atoms with Gasteiger partial charge < -0.3 is 0 Å². The number of ketones is 1. The maximum absolute atomic E-state index is 13.6. The van der Waals surface area contributed by atoms with Crippen LogP contribution in [0.5, 0.6) is 0 Å². The van der Waals surface area contributed by atoms with Gasteiger partial charge in [-0.05, 0) is 18.1 Å². The summed E-state index contributed by atoms with van der Waals surface area (Å²) in [6.45, 7) is 2.07. The molecule has 1 aromatic rings. The fourth-order valence-corrected chi connectivity index (χ4v) is 5.19. The summed E-state index contributed by atoms with van der Waals surface area (Å²) in [7, 11) is 0. The molecule has 0 saturated carbocycles. The molecule has 0 radical (unpaired) electrons. The van der Waals surface area contributed by atoms with Gasteiger partial charge in [0.05, 0.1) is 5.25 Å². The van der Waals surface area contributed by atoms with E-state index < -0.39 is 11.6 Å². The van der Waals surface area contributed by atoms with Crippen molar-refractivity contribution < 1.29 is 13.6 Å². The molecule has 0 aromatic heterocycles. The number of thioether (sulfide) groups is 2. The van der Waals surface area contributed by atoms with E-state index in [1.165, 1.54) is 12.1 Å². The van der Waals surface area contributed by atoms with E-state index in [9.17, 15) is 13.6 Å². The molecule has 0 aliphatic carbocycles. The number of halogens is 2. The molecule has 0 amide bonds. The molecular weight excluding hydrogens is 286 g/mol. The molecular formula is C14H16F2OS2. The lowest BCUT2D eigenvalue weighted by molar-refractivity contribution is -0.118. The first-order chi connectivity index (χ1) is 9.11. The van der Waals surface area contributed by atoms with Crippen LogP contribution in [0.3, 0.4) is 0 Å². The van der Waals surface area contributed by atoms with Gasteiger partial charge in [-0.1, -0.05) is 13.0 Å². The van der Waals surface area contributed by atoms with Crippen LogP contribution in [0.4, 0.5) is 8.78 Å². The Balaban J connectivity index is 2.07. The first kappa shape index (κ1) is 14.9. The largest absolute Gasteiger partial charge is 0.298 e.